The lowest BCUT2D eigenvalue weighted by atomic mass is 10.1. The average Bonchev–Trinajstić information content (AvgIpc) is 2.55. The Hall–Kier alpha value is -1.75. The van der Waals surface area contributed by atoms with Crippen molar-refractivity contribution in [3.63, 3.8) is 0 Å². The van der Waals surface area contributed by atoms with Crippen LogP contribution in [0.2, 0.25) is 0 Å². The Labute approximate surface area is 131 Å². The molecule has 0 saturated carbocycles. The van der Waals surface area contributed by atoms with E-state index in [2.05, 4.69) is 10.2 Å². The summed E-state index contributed by atoms with van der Waals surface area (Å²) < 4.78 is 11.6. The summed E-state index contributed by atoms with van der Waals surface area (Å²) in [7, 11) is 0. The van der Waals surface area contributed by atoms with Gasteiger partial charge < -0.3 is 14.8 Å². The van der Waals surface area contributed by atoms with Gasteiger partial charge in [-0.25, -0.2) is 0 Å². The summed E-state index contributed by atoms with van der Waals surface area (Å²) >= 11 is 0. The third-order valence-electron chi connectivity index (χ3n) is 4.29. The minimum Gasteiger partial charge on any atom is -0.486 e. The topological polar surface area (TPSA) is 50.8 Å². The highest BCUT2D eigenvalue weighted by Crippen LogP contribution is 2.31. The van der Waals surface area contributed by atoms with E-state index in [1.807, 2.05) is 31.2 Å². The van der Waals surface area contributed by atoms with Gasteiger partial charge >= 0.3 is 0 Å². The quantitative estimate of drug-likeness (QED) is 0.922. The van der Waals surface area contributed by atoms with Crippen molar-refractivity contribution in [3.05, 3.63) is 24.3 Å². The number of amides is 1. The molecule has 0 aliphatic carbocycles. The van der Waals surface area contributed by atoms with Crippen molar-refractivity contribution in [2.75, 3.05) is 26.2 Å². The highest BCUT2D eigenvalue weighted by molar-refractivity contribution is 5.78. The van der Waals surface area contributed by atoms with E-state index in [1.165, 1.54) is 19.3 Å². The number of carbonyl (C=O) groups is 1. The van der Waals surface area contributed by atoms with Crippen LogP contribution in [0.25, 0.3) is 0 Å². The van der Waals surface area contributed by atoms with Gasteiger partial charge in [-0.05, 0) is 45.0 Å². The summed E-state index contributed by atoms with van der Waals surface area (Å²) in [6, 6.07) is 7.55. The molecule has 2 aliphatic rings. The molecule has 1 saturated heterocycles. The van der Waals surface area contributed by atoms with Gasteiger partial charge in [0.2, 0.25) is 5.91 Å². The highest BCUT2D eigenvalue weighted by Gasteiger charge is 2.27. The van der Waals surface area contributed by atoms with E-state index in [9.17, 15) is 4.79 Å². The number of hydrogen-bond acceptors (Lipinski definition) is 4. The number of nitrogens with zero attached hydrogens (tertiary/aromatic N) is 1. The predicted molar refractivity (Wildman–Crippen MR) is 84.2 cm³/mol. The number of nitrogens with one attached hydrogen (secondary N) is 1. The summed E-state index contributed by atoms with van der Waals surface area (Å²) in [6.07, 6.45) is 3.51. The second-order valence-electron chi connectivity index (χ2n) is 6.11. The van der Waals surface area contributed by atoms with Gasteiger partial charge in [0.1, 0.15) is 6.61 Å². The number of ether oxygens (including phenoxy) is 2. The van der Waals surface area contributed by atoms with Gasteiger partial charge in [0.05, 0.1) is 12.6 Å². The minimum absolute atomic E-state index is 0.0665. The molecule has 0 radical (unpaired) electrons. The Morgan fingerprint density at radius 2 is 2.00 bits per heavy atom. The smallest absolute Gasteiger partial charge is 0.234 e. The molecule has 1 aromatic carbocycles. The van der Waals surface area contributed by atoms with Crippen LogP contribution in [0.15, 0.2) is 24.3 Å². The lowest BCUT2D eigenvalue weighted by molar-refractivity contribution is -0.124. The third-order valence-corrected chi connectivity index (χ3v) is 4.29. The van der Waals surface area contributed by atoms with Crippen LogP contribution in [-0.2, 0) is 4.79 Å². The average molecular weight is 304 g/mol. The van der Waals surface area contributed by atoms with Gasteiger partial charge in [0, 0.05) is 0 Å². The molecular formula is C17H24N2O3. The van der Waals surface area contributed by atoms with Crippen LogP contribution in [0.4, 0.5) is 0 Å². The molecule has 1 N–H and O–H groups in total. The number of likely N-dealkylation sites (tertiary alicyclic amines) is 1. The second-order valence-corrected chi connectivity index (χ2v) is 6.11. The molecule has 2 aliphatic heterocycles. The first-order valence-corrected chi connectivity index (χ1v) is 8.12. The van der Waals surface area contributed by atoms with Gasteiger partial charge in [-0.15, -0.1) is 0 Å². The normalized spacial score (nSPS) is 22.9. The molecule has 5 nitrogen and oxygen atoms in total. The van der Waals surface area contributed by atoms with Crippen LogP contribution < -0.4 is 14.8 Å². The Morgan fingerprint density at radius 3 is 2.77 bits per heavy atom. The van der Waals surface area contributed by atoms with Crippen LogP contribution in [0, 0.1) is 0 Å². The Balaban J connectivity index is 1.49. The Morgan fingerprint density at radius 1 is 1.27 bits per heavy atom. The maximum atomic E-state index is 12.2. The fraction of sp³-hybridized carbons (Fsp3) is 0.588. The molecule has 0 unspecified atom stereocenters. The summed E-state index contributed by atoms with van der Waals surface area (Å²) in [5.74, 6) is 1.58. The summed E-state index contributed by atoms with van der Waals surface area (Å²) in [4.78, 5) is 14.4. The maximum absolute atomic E-state index is 12.2. The first-order chi connectivity index (χ1) is 10.7. The molecule has 120 valence electrons. The molecule has 2 heterocycles. The van der Waals surface area contributed by atoms with E-state index >= 15 is 0 Å². The largest absolute Gasteiger partial charge is 0.486 e. The van der Waals surface area contributed by atoms with Crippen LogP contribution in [-0.4, -0.2) is 49.2 Å². The summed E-state index contributed by atoms with van der Waals surface area (Å²) in [5, 5.41) is 3.04. The molecule has 0 aromatic heterocycles. The molecule has 22 heavy (non-hydrogen) atoms. The monoisotopic (exact) mass is 304 g/mol. The Bertz CT molecular complexity index is 514. The zero-order valence-electron chi connectivity index (χ0n) is 13.1. The van der Waals surface area contributed by atoms with Crippen molar-refractivity contribution in [1.29, 1.82) is 0 Å². The van der Waals surface area contributed by atoms with E-state index < -0.39 is 0 Å². The molecule has 3 rings (SSSR count). The number of fused-ring (bicyclic) bond motifs is 1. The lowest BCUT2D eigenvalue weighted by Crippen LogP contribution is -2.50. The van der Waals surface area contributed by atoms with Crippen LogP contribution >= 0.6 is 0 Å². The number of benzene rings is 1. The van der Waals surface area contributed by atoms with E-state index in [-0.39, 0.29) is 18.1 Å². The first kappa shape index (κ1) is 15.2. The maximum Gasteiger partial charge on any atom is 0.234 e. The molecule has 5 heteroatoms. The first-order valence-electron chi connectivity index (χ1n) is 8.12. The van der Waals surface area contributed by atoms with Gasteiger partial charge in [0.25, 0.3) is 0 Å². The van der Waals surface area contributed by atoms with Crippen molar-refractivity contribution < 1.29 is 14.3 Å². The number of piperidine rings is 1. The third kappa shape index (κ3) is 3.71. The number of hydrogen-bond donors (Lipinski definition) is 1. The fourth-order valence-corrected chi connectivity index (χ4v) is 3.00. The van der Waals surface area contributed by atoms with E-state index in [0.29, 0.717) is 13.2 Å². The van der Waals surface area contributed by atoms with Crippen LogP contribution in [0.5, 0.6) is 11.5 Å². The minimum atomic E-state index is -0.153. The second kappa shape index (κ2) is 7.01. The molecule has 0 spiro atoms. The summed E-state index contributed by atoms with van der Waals surface area (Å²) in [5.41, 5.74) is 0. The van der Waals surface area contributed by atoms with Gasteiger partial charge in [0.15, 0.2) is 17.6 Å². The van der Waals surface area contributed by atoms with Crippen molar-refractivity contribution in [1.82, 2.24) is 10.2 Å². The zero-order valence-corrected chi connectivity index (χ0v) is 13.1. The number of rotatable bonds is 4. The van der Waals surface area contributed by atoms with Gasteiger partial charge in [-0.3, -0.25) is 9.69 Å². The Kier molecular flexibility index (Phi) is 4.83. The van der Waals surface area contributed by atoms with E-state index in [1.54, 1.807) is 0 Å². The zero-order chi connectivity index (χ0) is 15.4. The standard InChI is InChI=1S/C17H24N2O3/c1-13(18-17(20)11-19-9-5-2-6-10-19)16-12-21-14-7-3-4-8-15(14)22-16/h3-4,7-8,13,16H,2,5-6,9-12H2,1H3,(H,18,20)/t13-,16-/m1/s1. The molecule has 2 atom stereocenters. The number of para-hydroxylation sites is 2. The number of carbonyl (C=O) groups excluding carboxylic acids is 1. The molecular weight excluding hydrogens is 280 g/mol. The fourth-order valence-electron chi connectivity index (χ4n) is 3.00. The molecule has 0 bridgehead atoms. The van der Waals surface area contributed by atoms with Gasteiger partial charge in [-0.1, -0.05) is 18.6 Å². The van der Waals surface area contributed by atoms with Crippen molar-refractivity contribution in [2.45, 2.75) is 38.3 Å². The predicted octanol–water partition coefficient (Wildman–Crippen LogP) is 1.82. The van der Waals surface area contributed by atoms with Crippen molar-refractivity contribution in [2.24, 2.45) is 0 Å². The molecule has 1 fully saturated rings. The highest BCUT2D eigenvalue weighted by atomic mass is 16.6. The van der Waals surface area contributed by atoms with Crippen molar-refractivity contribution >= 4 is 5.91 Å². The molecule has 1 aromatic rings. The van der Waals surface area contributed by atoms with E-state index in [4.69, 9.17) is 9.47 Å². The lowest BCUT2D eigenvalue weighted by Gasteiger charge is -2.31. The molecule has 1 amide bonds. The van der Waals surface area contributed by atoms with Crippen LogP contribution in [0.1, 0.15) is 26.2 Å². The van der Waals surface area contributed by atoms with Crippen molar-refractivity contribution in [3.8, 4) is 11.5 Å². The summed E-state index contributed by atoms with van der Waals surface area (Å²) in [6.45, 7) is 4.96. The SMILES string of the molecule is C[C@@H](NC(=O)CN1CCCCC1)[C@H]1COc2ccccc2O1. The van der Waals surface area contributed by atoms with E-state index in [0.717, 1.165) is 24.6 Å². The van der Waals surface area contributed by atoms with Crippen LogP contribution in [0.3, 0.4) is 0 Å². The van der Waals surface area contributed by atoms with Gasteiger partial charge in [-0.2, -0.15) is 0 Å².